The molecule has 1 fully saturated rings. The molecule has 0 heterocycles. The maximum absolute atomic E-state index is 11.6. The van der Waals surface area contributed by atoms with E-state index < -0.39 is 0 Å². The second-order valence-electron chi connectivity index (χ2n) is 4.15. The molecule has 1 aliphatic rings. The van der Waals surface area contributed by atoms with Crippen LogP contribution in [0.1, 0.15) is 28.8 Å². The second-order valence-corrected chi connectivity index (χ2v) is 4.15. The van der Waals surface area contributed by atoms with Gasteiger partial charge in [0.15, 0.2) is 0 Å². The van der Waals surface area contributed by atoms with Gasteiger partial charge >= 0.3 is 0 Å². The van der Waals surface area contributed by atoms with Gasteiger partial charge < -0.3 is 10.4 Å². The van der Waals surface area contributed by atoms with Gasteiger partial charge in [-0.25, -0.2) is 0 Å². The largest absolute Gasteiger partial charge is 0.508 e. The van der Waals surface area contributed by atoms with E-state index in [-0.39, 0.29) is 11.7 Å². The van der Waals surface area contributed by atoms with E-state index in [1.165, 1.54) is 18.9 Å². The number of nitrogens with one attached hydrogen (secondary N) is 1. The molecule has 1 aromatic rings. The van der Waals surface area contributed by atoms with Gasteiger partial charge in [0.1, 0.15) is 5.75 Å². The monoisotopic (exact) mass is 205 g/mol. The minimum Gasteiger partial charge on any atom is -0.508 e. The fourth-order valence-electron chi connectivity index (χ4n) is 1.41. The standard InChI is InChI=1S/C12H15NO2/c1-8-2-5-10(6-11(8)14)12(15)13-7-9-3-4-9/h2,5-6,9,14H,3-4,7H2,1H3,(H,13,15). The molecule has 1 amide bonds. The summed E-state index contributed by atoms with van der Waals surface area (Å²) in [4.78, 5) is 11.6. The van der Waals surface area contributed by atoms with Crippen LogP contribution in [0.3, 0.4) is 0 Å². The summed E-state index contributed by atoms with van der Waals surface area (Å²) in [5.41, 5.74) is 1.31. The quantitative estimate of drug-likeness (QED) is 0.791. The second kappa shape index (κ2) is 3.93. The first-order chi connectivity index (χ1) is 7.16. The Hall–Kier alpha value is -1.51. The molecular formula is C12H15NO2. The van der Waals surface area contributed by atoms with Crippen molar-refractivity contribution >= 4 is 5.91 Å². The zero-order valence-corrected chi connectivity index (χ0v) is 8.79. The van der Waals surface area contributed by atoms with Gasteiger partial charge in [0, 0.05) is 12.1 Å². The number of aryl methyl sites for hydroxylation is 1. The fraction of sp³-hybridized carbons (Fsp3) is 0.417. The molecule has 1 saturated carbocycles. The molecule has 80 valence electrons. The summed E-state index contributed by atoms with van der Waals surface area (Å²) in [7, 11) is 0. The zero-order valence-electron chi connectivity index (χ0n) is 8.79. The number of carbonyl (C=O) groups excluding carboxylic acids is 1. The molecule has 1 aliphatic carbocycles. The van der Waals surface area contributed by atoms with Crippen molar-refractivity contribution in [2.45, 2.75) is 19.8 Å². The Balaban J connectivity index is 2.00. The van der Waals surface area contributed by atoms with Crippen LogP contribution in [-0.2, 0) is 0 Å². The van der Waals surface area contributed by atoms with Gasteiger partial charge in [-0.05, 0) is 43.4 Å². The fourth-order valence-corrected chi connectivity index (χ4v) is 1.41. The number of carbonyl (C=O) groups is 1. The van der Waals surface area contributed by atoms with E-state index in [2.05, 4.69) is 5.32 Å². The number of aromatic hydroxyl groups is 1. The Kier molecular flexibility index (Phi) is 2.62. The number of rotatable bonds is 3. The average molecular weight is 205 g/mol. The number of benzene rings is 1. The number of phenolic OH excluding ortho intramolecular Hbond substituents is 1. The number of phenols is 1. The third-order valence-electron chi connectivity index (χ3n) is 2.72. The lowest BCUT2D eigenvalue weighted by Crippen LogP contribution is -2.25. The summed E-state index contributed by atoms with van der Waals surface area (Å²) < 4.78 is 0. The van der Waals surface area contributed by atoms with Crippen molar-refractivity contribution < 1.29 is 9.90 Å². The van der Waals surface area contributed by atoms with E-state index in [9.17, 15) is 9.90 Å². The zero-order chi connectivity index (χ0) is 10.8. The Morgan fingerprint density at radius 1 is 1.53 bits per heavy atom. The third kappa shape index (κ3) is 2.49. The molecule has 0 unspecified atom stereocenters. The number of amides is 1. The van der Waals surface area contributed by atoms with Gasteiger partial charge in [0.05, 0.1) is 0 Å². The normalized spacial score (nSPS) is 15.0. The average Bonchev–Trinajstić information content (AvgIpc) is 3.02. The molecule has 3 nitrogen and oxygen atoms in total. The van der Waals surface area contributed by atoms with Crippen LogP contribution in [0.15, 0.2) is 18.2 Å². The maximum atomic E-state index is 11.6. The topological polar surface area (TPSA) is 49.3 Å². The summed E-state index contributed by atoms with van der Waals surface area (Å²) in [5, 5.41) is 12.3. The van der Waals surface area contributed by atoms with Gasteiger partial charge in [-0.15, -0.1) is 0 Å². The van der Waals surface area contributed by atoms with Crippen molar-refractivity contribution in [3.63, 3.8) is 0 Å². The van der Waals surface area contributed by atoms with E-state index in [0.29, 0.717) is 11.5 Å². The van der Waals surface area contributed by atoms with Crippen LogP contribution < -0.4 is 5.32 Å². The van der Waals surface area contributed by atoms with Gasteiger partial charge in [0.25, 0.3) is 5.91 Å². The van der Waals surface area contributed by atoms with Crippen LogP contribution in [0.2, 0.25) is 0 Å². The van der Waals surface area contributed by atoms with Crippen molar-refractivity contribution in [2.75, 3.05) is 6.54 Å². The molecule has 2 rings (SSSR count). The summed E-state index contributed by atoms with van der Waals surface area (Å²) in [6, 6.07) is 5.00. The highest BCUT2D eigenvalue weighted by Gasteiger charge is 2.21. The van der Waals surface area contributed by atoms with Crippen LogP contribution in [0.4, 0.5) is 0 Å². The highest BCUT2D eigenvalue weighted by Crippen LogP contribution is 2.27. The van der Waals surface area contributed by atoms with Gasteiger partial charge in [-0.1, -0.05) is 6.07 Å². The Bertz CT molecular complexity index is 383. The molecule has 0 aliphatic heterocycles. The minimum absolute atomic E-state index is 0.0998. The molecule has 1 aromatic carbocycles. The van der Waals surface area contributed by atoms with Crippen LogP contribution in [0.25, 0.3) is 0 Å². The molecule has 15 heavy (non-hydrogen) atoms. The molecule has 0 atom stereocenters. The lowest BCUT2D eigenvalue weighted by atomic mass is 10.1. The smallest absolute Gasteiger partial charge is 0.251 e. The first kappa shape index (κ1) is 10.0. The van der Waals surface area contributed by atoms with Crippen molar-refractivity contribution in [3.8, 4) is 5.75 Å². The summed E-state index contributed by atoms with van der Waals surface area (Å²) in [6.07, 6.45) is 2.44. The number of hydrogen-bond donors (Lipinski definition) is 2. The van der Waals surface area contributed by atoms with Crippen molar-refractivity contribution in [2.24, 2.45) is 5.92 Å². The first-order valence-corrected chi connectivity index (χ1v) is 5.24. The SMILES string of the molecule is Cc1ccc(C(=O)NCC2CC2)cc1O. The molecule has 0 saturated heterocycles. The Morgan fingerprint density at radius 3 is 2.87 bits per heavy atom. The highest BCUT2D eigenvalue weighted by molar-refractivity contribution is 5.94. The molecule has 2 N–H and O–H groups in total. The van der Waals surface area contributed by atoms with Crippen molar-refractivity contribution in [1.29, 1.82) is 0 Å². The van der Waals surface area contributed by atoms with E-state index >= 15 is 0 Å². The third-order valence-corrected chi connectivity index (χ3v) is 2.72. The lowest BCUT2D eigenvalue weighted by Gasteiger charge is -2.05. The van der Waals surface area contributed by atoms with Crippen molar-refractivity contribution in [1.82, 2.24) is 5.32 Å². The van der Waals surface area contributed by atoms with E-state index in [1.54, 1.807) is 19.1 Å². The van der Waals surface area contributed by atoms with Crippen LogP contribution in [0, 0.1) is 12.8 Å². The molecule has 0 radical (unpaired) electrons. The summed E-state index contributed by atoms with van der Waals surface area (Å²) >= 11 is 0. The van der Waals surface area contributed by atoms with Gasteiger partial charge in [-0.2, -0.15) is 0 Å². The van der Waals surface area contributed by atoms with Crippen molar-refractivity contribution in [3.05, 3.63) is 29.3 Å². The molecular weight excluding hydrogens is 190 g/mol. The van der Waals surface area contributed by atoms with E-state index in [4.69, 9.17) is 0 Å². The molecule has 0 aromatic heterocycles. The van der Waals surface area contributed by atoms with Crippen LogP contribution >= 0.6 is 0 Å². The summed E-state index contributed by atoms with van der Waals surface area (Å²) in [5.74, 6) is 0.749. The van der Waals surface area contributed by atoms with E-state index in [0.717, 1.165) is 12.1 Å². The molecule has 0 bridgehead atoms. The maximum Gasteiger partial charge on any atom is 0.251 e. The summed E-state index contributed by atoms with van der Waals surface area (Å²) in [6.45, 7) is 2.56. The molecule has 3 heteroatoms. The van der Waals surface area contributed by atoms with Gasteiger partial charge in [-0.3, -0.25) is 4.79 Å². The highest BCUT2D eigenvalue weighted by atomic mass is 16.3. The van der Waals surface area contributed by atoms with Crippen LogP contribution in [-0.4, -0.2) is 17.6 Å². The predicted molar refractivity (Wildman–Crippen MR) is 57.9 cm³/mol. The predicted octanol–water partition coefficient (Wildman–Crippen LogP) is 1.84. The first-order valence-electron chi connectivity index (χ1n) is 5.24. The van der Waals surface area contributed by atoms with E-state index in [1.807, 2.05) is 0 Å². The lowest BCUT2D eigenvalue weighted by molar-refractivity contribution is 0.0951. The van der Waals surface area contributed by atoms with Gasteiger partial charge in [0.2, 0.25) is 0 Å². The number of hydrogen-bond acceptors (Lipinski definition) is 2. The van der Waals surface area contributed by atoms with Crippen LogP contribution in [0.5, 0.6) is 5.75 Å². The Labute approximate surface area is 89.1 Å². The molecule has 0 spiro atoms. The Morgan fingerprint density at radius 2 is 2.27 bits per heavy atom. The minimum atomic E-state index is -0.0998.